The Morgan fingerprint density at radius 1 is 1.27 bits per heavy atom. The lowest BCUT2D eigenvalue weighted by atomic mass is 10.1. The van der Waals surface area contributed by atoms with E-state index in [0.717, 1.165) is 25.4 Å². The first-order valence-corrected chi connectivity index (χ1v) is 5.26. The van der Waals surface area contributed by atoms with Gasteiger partial charge in [0, 0.05) is 25.2 Å². The van der Waals surface area contributed by atoms with E-state index in [2.05, 4.69) is 29.7 Å². The summed E-state index contributed by atoms with van der Waals surface area (Å²) in [5, 5.41) is 6.46. The Hall–Kier alpha value is -1.06. The van der Waals surface area contributed by atoms with E-state index in [9.17, 15) is 0 Å². The summed E-state index contributed by atoms with van der Waals surface area (Å²) in [6, 6.07) is 6.24. The van der Waals surface area contributed by atoms with Crippen LogP contribution in [-0.4, -0.2) is 27.2 Å². The average molecular weight is 208 g/mol. The van der Waals surface area contributed by atoms with E-state index in [1.807, 2.05) is 13.1 Å². The van der Waals surface area contributed by atoms with Gasteiger partial charge in [0.05, 0.1) is 7.11 Å². The highest BCUT2D eigenvalue weighted by Gasteiger charge is 2.01. The first-order valence-electron chi connectivity index (χ1n) is 5.26. The van der Waals surface area contributed by atoms with Gasteiger partial charge in [-0.1, -0.05) is 17.7 Å². The van der Waals surface area contributed by atoms with Gasteiger partial charge < -0.3 is 15.4 Å². The average Bonchev–Trinajstić information content (AvgIpc) is 2.25. The fourth-order valence-corrected chi connectivity index (χ4v) is 1.48. The van der Waals surface area contributed by atoms with Gasteiger partial charge in [-0.25, -0.2) is 0 Å². The molecule has 0 atom stereocenters. The molecule has 15 heavy (non-hydrogen) atoms. The van der Waals surface area contributed by atoms with Crippen LogP contribution in [0.4, 0.5) is 0 Å². The molecule has 0 spiro atoms. The molecule has 0 heterocycles. The normalized spacial score (nSPS) is 10.3. The van der Waals surface area contributed by atoms with Crippen molar-refractivity contribution in [2.24, 2.45) is 0 Å². The second kappa shape index (κ2) is 6.43. The summed E-state index contributed by atoms with van der Waals surface area (Å²) >= 11 is 0. The van der Waals surface area contributed by atoms with E-state index in [1.54, 1.807) is 7.11 Å². The van der Waals surface area contributed by atoms with Crippen molar-refractivity contribution in [1.29, 1.82) is 0 Å². The summed E-state index contributed by atoms with van der Waals surface area (Å²) in [7, 11) is 3.66. The van der Waals surface area contributed by atoms with Crippen molar-refractivity contribution in [3.05, 3.63) is 29.3 Å². The maximum atomic E-state index is 5.30. The summed E-state index contributed by atoms with van der Waals surface area (Å²) in [6.07, 6.45) is 0. The predicted molar refractivity (Wildman–Crippen MR) is 63.4 cm³/mol. The summed E-state index contributed by atoms with van der Waals surface area (Å²) < 4.78 is 5.30. The molecule has 3 nitrogen and oxygen atoms in total. The number of nitrogens with one attached hydrogen (secondary N) is 2. The van der Waals surface area contributed by atoms with Crippen LogP contribution >= 0.6 is 0 Å². The van der Waals surface area contributed by atoms with Gasteiger partial charge in [-0.05, 0) is 20.0 Å². The van der Waals surface area contributed by atoms with Crippen LogP contribution in [0.15, 0.2) is 18.2 Å². The Balaban J connectivity index is 2.54. The number of rotatable bonds is 6. The lowest BCUT2D eigenvalue weighted by Crippen LogP contribution is -2.24. The monoisotopic (exact) mass is 208 g/mol. The van der Waals surface area contributed by atoms with Crippen LogP contribution in [0.25, 0.3) is 0 Å². The largest absolute Gasteiger partial charge is 0.496 e. The Morgan fingerprint density at radius 2 is 2.07 bits per heavy atom. The zero-order valence-corrected chi connectivity index (χ0v) is 9.76. The molecule has 0 saturated carbocycles. The molecule has 0 radical (unpaired) electrons. The third-order valence-electron chi connectivity index (χ3n) is 2.30. The van der Waals surface area contributed by atoms with Crippen molar-refractivity contribution in [3.8, 4) is 5.75 Å². The van der Waals surface area contributed by atoms with Crippen molar-refractivity contribution >= 4 is 0 Å². The fourth-order valence-electron chi connectivity index (χ4n) is 1.48. The summed E-state index contributed by atoms with van der Waals surface area (Å²) in [5.41, 5.74) is 2.48. The van der Waals surface area contributed by atoms with Crippen molar-refractivity contribution < 1.29 is 4.74 Å². The Morgan fingerprint density at radius 3 is 2.73 bits per heavy atom. The minimum Gasteiger partial charge on any atom is -0.496 e. The Labute approximate surface area is 91.8 Å². The molecule has 0 aliphatic rings. The van der Waals surface area contributed by atoms with Crippen LogP contribution in [0.2, 0.25) is 0 Å². The number of hydrogen-bond donors (Lipinski definition) is 2. The van der Waals surface area contributed by atoms with Crippen LogP contribution < -0.4 is 15.4 Å². The summed E-state index contributed by atoms with van der Waals surface area (Å²) in [4.78, 5) is 0. The topological polar surface area (TPSA) is 33.3 Å². The van der Waals surface area contributed by atoms with E-state index in [-0.39, 0.29) is 0 Å². The molecule has 0 unspecified atom stereocenters. The molecule has 0 aliphatic carbocycles. The third kappa shape index (κ3) is 3.90. The number of likely N-dealkylation sites (N-methyl/N-ethyl adjacent to an activating group) is 1. The minimum atomic E-state index is 0.854. The number of benzene rings is 1. The summed E-state index contributed by atoms with van der Waals surface area (Å²) in [6.45, 7) is 4.89. The molecule has 0 bridgehead atoms. The zero-order valence-electron chi connectivity index (χ0n) is 9.76. The third-order valence-corrected chi connectivity index (χ3v) is 2.30. The number of methoxy groups -OCH3 is 1. The molecule has 0 amide bonds. The molecule has 0 aliphatic heterocycles. The number of aryl methyl sites for hydroxylation is 1. The molecule has 1 aromatic carbocycles. The van der Waals surface area contributed by atoms with Crippen LogP contribution in [0.3, 0.4) is 0 Å². The van der Waals surface area contributed by atoms with E-state index < -0.39 is 0 Å². The Kier molecular flexibility index (Phi) is 5.15. The molecule has 1 aromatic rings. The zero-order chi connectivity index (χ0) is 11.1. The quantitative estimate of drug-likeness (QED) is 0.692. The van der Waals surface area contributed by atoms with E-state index in [1.165, 1.54) is 11.1 Å². The van der Waals surface area contributed by atoms with E-state index in [4.69, 9.17) is 4.74 Å². The minimum absolute atomic E-state index is 0.854. The number of ether oxygens (including phenoxy) is 1. The standard InChI is InChI=1S/C12H20N2O/c1-10-4-5-12(15-3)11(8-10)9-14-7-6-13-2/h4-5,8,13-14H,6-7,9H2,1-3H3. The second-order valence-electron chi connectivity index (χ2n) is 3.60. The first kappa shape index (κ1) is 12.0. The second-order valence-corrected chi connectivity index (χ2v) is 3.60. The van der Waals surface area contributed by atoms with Gasteiger partial charge in [-0.3, -0.25) is 0 Å². The highest BCUT2D eigenvalue weighted by atomic mass is 16.5. The maximum Gasteiger partial charge on any atom is 0.123 e. The number of hydrogen-bond acceptors (Lipinski definition) is 3. The molecule has 84 valence electrons. The van der Waals surface area contributed by atoms with Crippen molar-refractivity contribution in [3.63, 3.8) is 0 Å². The van der Waals surface area contributed by atoms with Gasteiger partial charge in [0.15, 0.2) is 0 Å². The van der Waals surface area contributed by atoms with Crippen LogP contribution in [-0.2, 0) is 6.54 Å². The highest BCUT2D eigenvalue weighted by molar-refractivity contribution is 5.36. The molecule has 1 rings (SSSR count). The molecular weight excluding hydrogens is 188 g/mol. The predicted octanol–water partition coefficient (Wildman–Crippen LogP) is 1.31. The molecule has 0 aromatic heterocycles. The SMILES string of the molecule is CNCCNCc1cc(C)ccc1OC. The molecule has 3 heteroatoms. The van der Waals surface area contributed by atoms with Crippen LogP contribution in [0.5, 0.6) is 5.75 Å². The van der Waals surface area contributed by atoms with Crippen LogP contribution in [0.1, 0.15) is 11.1 Å². The van der Waals surface area contributed by atoms with Gasteiger partial charge in [0.2, 0.25) is 0 Å². The van der Waals surface area contributed by atoms with Crippen LogP contribution in [0, 0.1) is 6.92 Å². The van der Waals surface area contributed by atoms with Gasteiger partial charge in [0.25, 0.3) is 0 Å². The summed E-state index contributed by atoms with van der Waals surface area (Å²) in [5.74, 6) is 0.956. The Bertz CT molecular complexity index is 300. The maximum absolute atomic E-state index is 5.30. The van der Waals surface area contributed by atoms with Crippen molar-refractivity contribution in [1.82, 2.24) is 10.6 Å². The van der Waals surface area contributed by atoms with Crippen molar-refractivity contribution in [2.45, 2.75) is 13.5 Å². The molecular formula is C12H20N2O. The van der Waals surface area contributed by atoms with Gasteiger partial charge in [-0.2, -0.15) is 0 Å². The van der Waals surface area contributed by atoms with Gasteiger partial charge in [0.1, 0.15) is 5.75 Å². The van der Waals surface area contributed by atoms with Gasteiger partial charge >= 0.3 is 0 Å². The first-order chi connectivity index (χ1) is 7.27. The molecule has 0 saturated heterocycles. The lowest BCUT2D eigenvalue weighted by Gasteiger charge is -2.10. The lowest BCUT2D eigenvalue weighted by molar-refractivity contribution is 0.407. The molecule has 2 N–H and O–H groups in total. The smallest absolute Gasteiger partial charge is 0.123 e. The van der Waals surface area contributed by atoms with Gasteiger partial charge in [-0.15, -0.1) is 0 Å². The molecule has 0 fully saturated rings. The fraction of sp³-hybridized carbons (Fsp3) is 0.500. The highest BCUT2D eigenvalue weighted by Crippen LogP contribution is 2.18. The van der Waals surface area contributed by atoms with E-state index in [0.29, 0.717) is 0 Å². The van der Waals surface area contributed by atoms with E-state index >= 15 is 0 Å². The van der Waals surface area contributed by atoms with Crippen molar-refractivity contribution in [2.75, 3.05) is 27.2 Å².